The molecule has 0 amide bonds. The third-order valence-corrected chi connectivity index (χ3v) is 3.54. The Kier molecular flexibility index (Phi) is 5.81. The molecular formula is C12H24N2O4. The fourth-order valence-corrected chi connectivity index (χ4v) is 2.34. The summed E-state index contributed by atoms with van der Waals surface area (Å²) >= 11 is 0. The minimum atomic E-state index is -0.689. The lowest BCUT2D eigenvalue weighted by molar-refractivity contribution is -0.0502. The summed E-state index contributed by atoms with van der Waals surface area (Å²) in [6.07, 6.45) is -1.38. The first-order valence-corrected chi connectivity index (χ1v) is 6.72. The number of aliphatic hydroxyl groups excluding tert-OH is 2. The van der Waals surface area contributed by atoms with Crippen LogP contribution >= 0.6 is 0 Å². The highest BCUT2D eigenvalue weighted by molar-refractivity contribution is 4.77. The molecule has 0 bridgehead atoms. The number of hydrogen-bond acceptors (Lipinski definition) is 6. The molecule has 2 N–H and O–H groups in total. The molecule has 0 radical (unpaired) electrons. The lowest BCUT2D eigenvalue weighted by Gasteiger charge is -2.33. The van der Waals surface area contributed by atoms with Crippen LogP contribution in [0.25, 0.3) is 0 Å². The Labute approximate surface area is 108 Å². The van der Waals surface area contributed by atoms with Gasteiger partial charge in [-0.05, 0) is 0 Å². The van der Waals surface area contributed by atoms with Gasteiger partial charge in [0.15, 0.2) is 0 Å². The zero-order valence-electron chi connectivity index (χ0n) is 10.8. The van der Waals surface area contributed by atoms with Crippen LogP contribution in [0, 0.1) is 0 Å². The van der Waals surface area contributed by atoms with E-state index in [1.165, 1.54) is 0 Å². The summed E-state index contributed by atoms with van der Waals surface area (Å²) in [5, 5.41) is 20.0. The van der Waals surface area contributed by atoms with Gasteiger partial charge in [0.1, 0.15) is 0 Å². The zero-order valence-corrected chi connectivity index (χ0v) is 10.8. The van der Waals surface area contributed by atoms with Crippen LogP contribution in [0.2, 0.25) is 0 Å². The van der Waals surface area contributed by atoms with Gasteiger partial charge in [0, 0.05) is 39.3 Å². The average molecular weight is 260 g/mol. The minimum absolute atomic E-state index is 0.523. The number of rotatable bonds is 5. The van der Waals surface area contributed by atoms with Gasteiger partial charge < -0.3 is 19.7 Å². The molecule has 0 spiro atoms. The van der Waals surface area contributed by atoms with Crippen LogP contribution < -0.4 is 0 Å². The Balaban J connectivity index is 1.68. The van der Waals surface area contributed by atoms with Gasteiger partial charge in [0.25, 0.3) is 0 Å². The Morgan fingerprint density at radius 2 is 1.06 bits per heavy atom. The summed E-state index contributed by atoms with van der Waals surface area (Å²) in [6, 6.07) is 0. The highest BCUT2D eigenvalue weighted by Gasteiger charge is 2.23. The third-order valence-electron chi connectivity index (χ3n) is 3.54. The first kappa shape index (κ1) is 14.2. The molecule has 106 valence electrons. The van der Waals surface area contributed by atoms with E-state index in [1.807, 2.05) is 0 Å². The van der Waals surface area contributed by atoms with Crippen LogP contribution in [0.15, 0.2) is 0 Å². The van der Waals surface area contributed by atoms with E-state index >= 15 is 0 Å². The number of nitrogens with zero attached hydrogens (tertiary/aromatic N) is 2. The van der Waals surface area contributed by atoms with Crippen LogP contribution in [-0.2, 0) is 9.47 Å². The van der Waals surface area contributed by atoms with Crippen LogP contribution in [0.5, 0.6) is 0 Å². The molecule has 18 heavy (non-hydrogen) atoms. The van der Waals surface area contributed by atoms with E-state index in [0.29, 0.717) is 39.5 Å². The second-order valence-corrected chi connectivity index (χ2v) is 4.96. The molecule has 6 nitrogen and oxygen atoms in total. The van der Waals surface area contributed by atoms with Gasteiger partial charge in [-0.2, -0.15) is 0 Å². The van der Waals surface area contributed by atoms with Gasteiger partial charge in [-0.15, -0.1) is 0 Å². The molecule has 0 aliphatic carbocycles. The van der Waals surface area contributed by atoms with Gasteiger partial charge in [0.05, 0.1) is 38.6 Å². The summed E-state index contributed by atoms with van der Waals surface area (Å²) in [7, 11) is 0. The van der Waals surface area contributed by atoms with Crippen molar-refractivity contribution in [1.82, 2.24) is 9.80 Å². The summed E-state index contributed by atoms with van der Waals surface area (Å²) < 4.78 is 10.5. The molecule has 2 aliphatic rings. The normalized spacial score (nSPS) is 27.0. The third kappa shape index (κ3) is 4.46. The monoisotopic (exact) mass is 260 g/mol. The molecule has 0 aromatic rings. The molecule has 0 unspecified atom stereocenters. The van der Waals surface area contributed by atoms with E-state index in [0.717, 1.165) is 26.2 Å². The van der Waals surface area contributed by atoms with Crippen molar-refractivity contribution in [1.29, 1.82) is 0 Å². The van der Waals surface area contributed by atoms with Gasteiger partial charge in [-0.1, -0.05) is 0 Å². The van der Waals surface area contributed by atoms with Crippen molar-refractivity contribution >= 4 is 0 Å². The van der Waals surface area contributed by atoms with Crippen molar-refractivity contribution in [2.45, 2.75) is 12.2 Å². The van der Waals surface area contributed by atoms with Crippen molar-refractivity contribution in [3.8, 4) is 0 Å². The molecule has 0 aromatic carbocycles. The summed E-state index contributed by atoms with van der Waals surface area (Å²) in [5.41, 5.74) is 0. The molecule has 0 aromatic heterocycles. The van der Waals surface area contributed by atoms with Crippen molar-refractivity contribution in [3.63, 3.8) is 0 Å². The maximum atomic E-state index is 10.0. The quantitative estimate of drug-likeness (QED) is 0.619. The van der Waals surface area contributed by atoms with Gasteiger partial charge in [-0.3, -0.25) is 9.80 Å². The number of aliphatic hydroxyl groups is 2. The predicted molar refractivity (Wildman–Crippen MR) is 66.5 cm³/mol. The molecule has 2 fully saturated rings. The average Bonchev–Trinajstić information content (AvgIpc) is 2.41. The van der Waals surface area contributed by atoms with Crippen LogP contribution in [0.1, 0.15) is 0 Å². The van der Waals surface area contributed by atoms with E-state index in [4.69, 9.17) is 9.47 Å². The highest BCUT2D eigenvalue weighted by atomic mass is 16.5. The number of hydrogen-bond donors (Lipinski definition) is 2. The first-order valence-electron chi connectivity index (χ1n) is 6.72. The van der Waals surface area contributed by atoms with Gasteiger partial charge in [0.2, 0.25) is 0 Å². The fourth-order valence-electron chi connectivity index (χ4n) is 2.34. The second kappa shape index (κ2) is 7.37. The standard InChI is InChI=1S/C12H24N2O4/c15-11(9-13-1-5-17-6-2-13)12(16)10-14-3-7-18-8-4-14/h11-12,15-16H,1-10H2/t11-,12-/m1/s1. The maximum Gasteiger partial charge on any atom is 0.0938 e. The summed E-state index contributed by atoms with van der Waals surface area (Å²) in [5.74, 6) is 0. The predicted octanol–water partition coefficient (Wildman–Crippen LogP) is -1.63. The van der Waals surface area contributed by atoms with Gasteiger partial charge in [-0.25, -0.2) is 0 Å². The van der Waals surface area contributed by atoms with E-state index in [9.17, 15) is 10.2 Å². The van der Waals surface area contributed by atoms with E-state index in [-0.39, 0.29) is 0 Å². The molecular weight excluding hydrogens is 236 g/mol. The van der Waals surface area contributed by atoms with Crippen LogP contribution in [-0.4, -0.2) is 97.9 Å². The molecule has 2 atom stereocenters. The summed E-state index contributed by atoms with van der Waals surface area (Å²) in [4.78, 5) is 4.27. The van der Waals surface area contributed by atoms with Crippen molar-refractivity contribution in [2.24, 2.45) is 0 Å². The molecule has 2 heterocycles. The van der Waals surface area contributed by atoms with E-state index < -0.39 is 12.2 Å². The number of morpholine rings is 2. The summed E-state index contributed by atoms with van der Waals surface area (Å²) in [6.45, 7) is 7.24. The minimum Gasteiger partial charge on any atom is -0.389 e. The highest BCUT2D eigenvalue weighted by Crippen LogP contribution is 2.05. The Hall–Kier alpha value is -0.240. The van der Waals surface area contributed by atoms with E-state index in [1.54, 1.807) is 0 Å². The Morgan fingerprint density at radius 1 is 0.722 bits per heavy atom. The maximum absolute atomic E-state index is 10.0. The smallest absolute Gasteiger partial charge is 0.0938 e. The first-order chi connectivity index (χ1) is 8.75. The lowest BCUT2D eigenvalue weighted by atomic mass is 10.1. The molecule has 2 aliphatic heterocycles. The molecule has 2 saturated heterocycles. The lowest BCUT2D eigenvalue weighted by Crippen LogP contribution is -2.49. The van der Waals surface area contributed by atoms with Crippen molar-refractivity contribution in [3.05, 3.63) is 0 Å². The second-order valence-electron chi connectivity index (χ2n) is 4.96. The van der Waals surface area contributed by atoms with E-state index in [2.05, 4.69) is 9.80 Å². The van der Waals surface area contributed by atoms with Crippen LogP contribution in [0.3, 0.4) is 0 Å². The van der Waals surface area contributed by atoms with Crippen molar-refractivity contribution < 1.29 is 19.7 Å². The SMILES string of the molecule is O[C@H](CN1CCOCC1)[C@H](O)CN1CCOCC1. The van der Waals surface area contributed by atoms with Crippen LogP contribution in [0.4, 0.5) is 0 Å². The Morgan fingerprint density at radius 3 is 1.39 bits per heavy atom. The topological polar surface area (TPSA) is 65.4 Å². The molecule has 6 heteroatoms. The Bertz CT molecular complexity index is 206. The van der Waals surface area contributed by atoms with Crippen molar-refractivity contribution in [2.75, 3.05) is 65.7 Å². The van der Waals surface area contributed by atoms with Gasteiger partial charge >= 0.3 is 0 Å². The number of ether oxygens (including phenoxy) is 2. The molecule has 0 saturated carbocycles. The number of β-amino-alcohol motifs (C(OH)–C–C–N with tert-alkyl or cyclic N) is 2. The zero-order chi connectivity index (χ0) is 12.8. The molecule has 2 rings (SSSR count). The largest absolute Gasteiger partial charge is 0.389 e. The fraction of sp³-hybridized carbons (Fsp3) is 1.00.